The van der Waals surface area contributed by atoms with E-state index in [4.69, 9.17) is 0 Å². The van der Waals surface area contributed by atoms with Gasteiger partial charge in [0, 0.05) is 10.1 Å². The van der Waals surface area contributed by atoms with E-state index >= 15 is 0 Å². The molecule has 1 aromatic rings. The Bertz CT molecular complexity index is 282. The molecule has 0 aliphatic rings. The van der Waals surface area contributed by atoms with Gasteiger partial charge in [0.15, 0.2) is 0 Å². The molecule has 1 nitrogen and oxygen atoms in total. The van der Waals surface area contributed by atoms with Crippen molar-refractivity contribution in [3.63, 3.8) is 0 Å². The minimum Gasteiger partial charge on any atom is -0.316 e. The highest BCUT2D eigenvalue weighted by atomic mass is 127. The molecule has 0 bridgehead atoms. The Balaban J connectivity index is 3.11. The van der Waals surface area contributed by atoms with Crippen LogP contribution in [0.15, 0.2) is 12.1 Å². The Morgan fingerprint density at radius 3 is 2.00 bits per heavy atom. The van der Waals surface area contributed by atoms with E-state index in [-0.39, 0.29) is 0 Å². The molecule has 2 heteroatoms. The average molecular weight is 303 g/mol. The van der Waals surface area contributed by atoms with E-state index in [0.29, 0.717) is 0 Å². The van der Waals surface area contributed by atoms with Crippen molar-refractivity contribution in [1.82, 2.24) is 5.32 Å². The molecule has 0 amide bonds. The molecule has 78 valence electrons. The molecule has 0 heterocycles. The average Bonchev–Trinajstić information content (AvgIpc) is 2.20. The Kier molecular flexibility index (Phi) is 4.89. The smallest absolute Gasteiger partial charge is 0.0202 e. The van der Waals surface area contributed by atoms with Gasteiger partial charge in [-0.05, 0) is 59.2 Å². The van der Waals surface area contributed by atoms with Gasteiger partial charge in [0.2, 0.25) is 0 Å². The predicted molar refractivity (Wildman–Crippen MR) is 70.7 cm³/mol. The van der Waals surface area contributed by atoms with Crippen LogP contribution in [0.3, 0.4) is 0 Å². The lowest BCUT2D eigenvalue weighted by Crippen LogP contribution is -2.07. The maximum Gasteiger partial charge on any atom is 0.0202 e. The Labute approximate surface area is 100 Å². The standard InChI is InChI=1S/C12H18IN/c1-4-10-6-9(8-14-3)7-11(5-2)12(10)13/h6-7,14H,4-5,8H2,1-3H3. The molecule has 0 unspecified atom stereocenters. The van der Waals surface area contributed by atoms with Gasteiger partial charge in [-0.2, -0.15) is 0 Å². The summed E-state index contributed by atoms with van der Waals surface area (Å²) in [7, 11) is 2.00. The van der Waals surface area contributed by atoms with Crippen molar-refractivity contribution in [2.24, 2.45) is 0 Å². The molecule has 0 saturated heterocycles. The second-order valence-electron chi connectivity index (χ2n) is 3.47. The summed E-state index contributed by atoms with van der Waals surface area (Å²) in [4.78, 5) is 0. The van der Waals surface area contributed by atoms with Gasteiger partial charge in [0.05, 0.1) is 0 Å². The van der Waals surface area contributed by atoms with Gasteiger partial charge in [0.1, 0.15) is 0 Å². The summed E-state index contributed by atoms with van der Waals surface area (Å²) < 4.78 is 1.45. The second-order valence-corrected chi connectivity index (χ2v) is 4.54. The molecule has 0 radical (unpaired) electrons. The van der Waals surface area contributed by atoms with Gasteiger partial charge in [0.25, 0.3) is 0 Å². The van der Waals surface area contributed by atoms with E-state index in [1.165, 1.54) is 20.3 Å². The number of nitrogens with one attached hydrogen (secondary N) is 1. The van der Waals surface area contributed by atoms with Gasteiger partial charge in [-0.25, -0.2) is 0 Å². The molecule has 0 aliphatic heterocycles. The fraction of sp³-hybridized carbons (Fsp3) is 0.500. The maximum absolute atomic E-state index is 3.20. The summed E-state index contributed by atoms with van der Waals surface area (Å²) in [6.45, 7) is 5.41. The van der Waals surface area contributed by atoms with Crippen molar-refractivity contribution in [3.05, 3.63) is 32.4 Å². The Morgan fingerprint density at radius 1 is 1.14 bits per heavy atom. The number of aryl methyl sites for hydroxylation is 2. The van der Waals surface area contributed by atoms with Crippen LogP contribution in [0.2, 0.25) is 0 Å². The Hall–Kier alpha value is -0.0900. The minimum absolute atomic E-state index is 0.969. The molecule has 1 N–H and O–H groups in total. The molecular weight excluding hydrogens is 285 g/mol. The van der Waals surface area contributed by atoms with Crippen molar-refractivity contribution >= 4 is 22.6 Å². The normalized spacial score (nSPS) is 10.6. The lowest BCUT2D eigenvalue weighted by atomic mass is 10.0. The van der Waals surface area contributed by atoms with Crippen molar-refractivity contribution in [3.8, 4) is 0 Å². The highest BCUT2D eigenvalue weighted by molar-refractivity contribution is 14.1. The fourth-order valence-corrected chi connectivity index (χ4v) is 2.72. The van der Waals surface area contributed by atoms with Crippen LogP contribution in [-0.2, 0) is 19.4 Å². The summed E-state index contributed by atoms with van der Waals surface area (Å²) in [5.74, 6) is 0. The molecule has 0 spiro atoms. The first-order chi connectivity index (χ1) is 6.72. The van der Waals surface area contributed by atoms with E-state index < -0.39 is 0 Å². The van der Waals surface area contributed by atoms with Crippen molar-refractivity contribution < 1.29 is 0 Å². The molecule has 14 heavy (non-hydrogen) atoms. The van der Waals surface area contributed by atoms with Gasteiger partial charge < -0.3 is 5.32 Å². The number of benzene rings is 1. The lowest BCUT2D eigenvalue weighted by Gasteiger charge is -2.11. The van der Waals surface area contributed by atoms with E-state index in [1.807, 2.05) is 7.05 Å². The first-order valence-corrected chi connectivity index (χ1v) is 6.25. The number of rotatable bonds is 4. The summed E-state index contributed by atoms with van der Waals surface area (Å²) in [6.07, 6.45) is 2.26. The molecule has 0 aromatic heterocycles. The van der Waals surface area contributed by atoms with Crippen LogP contribution in [0.4, 0.5) is 0 Å². The van der Waals surface area contributed by atoms with E-state index in [1.54, 1.807) is 0 Å². The zero-order valence-electron chi connectivity index (χ0n) is 9.15. The van der Waals surface area contributed by atoms with Crippen molar-refractivity contribution in [2.75, 3.05) is 7.05 Å². The first kappa shape index (κ1) is 12.0. The molecule has 0 fully saturated rings. The second kappa shape index (κ2) is 5.71. The lowest BCUT2D eigenvalue weighted by molar-refractivity contribution is 0.812. The number of hydrogen-bond acceptors (Lipinski definition) is 1. The topological polar surface area (TPSA) is 12.0 Å². The van der Waals surface area contributed by atoms with E-state index in [0.717, 1.165) is 19.4 Å². The monoisotopic (exact) mass is 303 g/mol. The molecule has 0 saturated carbocycles. The third-order valence-corrected chi connectivity index (χ3v) is 3.81. The Morgan fingerprint density at radius 2 is 1.64 bits per heavy atom. The van der Waals surface area contributed by atoms with E-state index in [2.05, 4.69) is 53.9 Å². The van der Waals surface area contributed by atoms with Crippen LogP contribution in [0.1, 0.15) is 30.5 Å². The van der Waals surface area contributed by atoms with Crippen molar-refractivity contribution in [2.45, 2.75) is 33.2 Å². The van der Waals surface area contributed by atoms with Gasteiger partial charge in [-0.15, -0.1) is 0 Å². The molecule has 1 aromatic carbocycles. The number of hydrogen-bond donors (Lipinski definition) is 1. The highest BCUT2D eigenvalue weighted by Crippen LogP contribution is 2.21. The third kappa shape index (κ3) is 2.70. The van der Waals surface area contributed by atoms with Crippen LogP contribution in [-0.4, -0.2) is 7.05 Å². The van der Waals surface area contributed by atoms with Crippen LogP contribution in [0.25, 0.3) is 0 Å². The van der Waals surface area contributed by atoms with Crippen molar-refractivity contribution in [1.29, 1.82) is 0 Å². The maximum atomic E-state index is 3.20. The molecular formula is C12H18IN. The number of halogens is 1. The molecule has 0 aliphatic carbocycles. The quantitative estimate of drug-likeness (QED) is 0.843. The van der Waals surface area contributed by atoms with Gasteiger partial charge >= 0.3 is 0 Å². The summed E-state index contributed by atoms with van der Waals surface area (Å²) in [5, 5.41) is 3.20. The minimum atomic E-state index is 0.969. The van der Waals surface area contributed by atoms with Crippen LogP contribution < -0.4 is 5.32 Å². The summed E-state index contributed by atoms with van der Waals surface area (Å²) in [6, 6.07) is 4.63. The SMILES string of the molecule is CCc1cc(CNC)cc(CC)c1I. The first-order valence-electron chi connectivity index (χ1n) is 5.17. The summed E-state index contributed by atoms with van der Waals surface area (Å²) >= 11 is 2.47. The van der Waals surface area contributed by atoms with Gasteiger partial charge in [-0.3, -0.25) is 0 Å². The third-order valence-electron chi connectivity index (χ3n) is 2.43. The largest absolute Gasteiger partial charge is 0.316 e. The predicted octanol–water partition coefficient (Wildman–Crippen LogP) is 3.14. The summed E-state index contributed by atoms with van der Waals surface area (Å²) in [5.41, 5.74) is 4.37. The van der Waals surface area contributed by atoms with Gasteiger partial charge in [-0.1, -0.05) is 26.0 Å². The molecule has 0 atom stereocenters. The highest BCUT2D eigenvalue weighted by Gasteiger charge is 2.05. The zero-order valence-corrected chi connectivity index (χ0v) is 11.3. The van der Waals surface area contributed by atoms with Crippen LogP contribution >= 0.6 is 22.6 Å². The zero-order chi connectivity index (χ0) is 10.6. The van der Waals surface area contributed by atoms with Crippen LogP contribution in [0.5, 0.6) is 0 Å². The van der Waals surface area contributed by atoms with Crippen LogP contribution in [0, 0.1) is 3.57 Å². The fourth-order valence-electron chi connectivity index (χ4n) is 1.64. The molecule has 1 rings (SSSR count). The van der Waals surface area contributed by atoms with E-state index in [9.17, 15) is 0 Å².